The number of nitrogens with zero attached hydrogens (tertiary/aromatic N) is 3. The summed E-state index contributed by atoms with van der Waals surface area (Å²) >= 11 is 0. The van der Waals surface area contributed by atoms with Crippen molar-refractivity contribution in [3.8, 4) is 11.5 Å². The Morgan fingerprint density at radius 3 is 2.59 bits per heavy atom. The maximum absolute atomic E-state index is 12.6. The van der Waals surface area contributed by atoms with Gasteiger partial charge in [-0.05, 0) is 25.1 Å². The minimum absolute atomic E-state index is 0.170. The van der Waals surface area contributed by atoms with Crippen LogP contribution in [-0.4, -0.2) is 46.5 Å². The van der Waals surface area contributed by atoms with Crippen molar-refractivity contribution < 1.29 is 14.3 Å². The summed E-state index contributed by atoms with van der Waals surface area (Å²) in [6.45, 7) is 2.49. The highest BCUT2D eigenvalue weighted by Crippen LogP contribution is 2.29. The van der Waals surface area contributed by atoms with E-state index in [0.29, 0.717) is 40.3 Å². The summed E-state index contributed by atoms with van der Waals surface area (Å²) in [5, 5.41) is 0.387. The molecule has 2 aromatic heterocycles. The molecule has 0 atom stereocenters. The zero-order valence-electron chi connectivity index (χ0n) is 15.4. The highest BCUT2D eigenvalue weighted by atomic mass is 16.5. The Bertz CT molecular complexity index is 1020. The standard InChI is InChI=1S/C19H20N4O4/c1-4-23(19(25)12-6-5-7-20-10-12)11-17-21-14-9-16(27-3)15(26-2)8-13(14)18(24)22-17/h5-10H,4,11H2,1-3H3,(H,21,22,24). The van der Waals surface area contributed by atoms with Crippen LogP contribution in [0.25, 0.3) is 10.9 Å². The van der Waals surface area contributed by atoms with Crippen molar-refractivity contribution in [1.29, 1.82) is 0 Å². The first kappa shape index (κ1) is 18.4. The van der Waals surface area contributed by atoms with Crippen molar-refractivity contribution in [1.82, 2.24) is 19.9 Å². The van der Waals surface area contributed by atoms with E-state index in [0.717, 1.165) is 0 Å². The third-order valence-corrected chi connectivity index (χ3v) is 4.18. The minimum atomic E-state index is -0.305. The van der Waals surface area contributed by atoms with Gasteiger partial charge in [-0.25, -0.2) is 4.98 Å². The molecule has 0 fully saturated rings. The molecular weight excluding hydrogens is 348 g/mol. The van der Waals surface area contributed by atoms with Crippen LogP contribution in [0, 0.1) is 0 Å². The molecule has 0 aliphatic carbocycles. The summed E-state index contributed by atoms with van der Waals surface area (Å²) in [4.78, 5) is 37.9. The molecule has 0 aliphatic rings. The van der Waals surface area contributed by atoms with Gasteiger partial charge in [-0.2, -0.15) is 0 Å². The van der Waals surface area contributed by atoms with E-state index >= 15 is 0 Å². The van der Waals surface area contributed by atoms with Crippen molar-refractivity contribution in [3.05, 3.63) is 58.4 Å². The number of carbonyl (C=O) groups excluding carboxylic acids is 1. The summed E-state index contributed by atoms with van der Waals surface area (Å²) in [6.07, 6.45) is 3.12. The fourth-order valence-electron chi connectivity index (χ4n) is 2.77. The first-order valence-electron chi connectivity index (χ1n) is 8.41. The largest absolute Gasteiger partial charge is 0.493 e. The van der Waals surface area contributed by atoms with Gasteiger partial charge in [0.05, 0.1) is 37.2 Å². The molecular formula is C19H20N4O4. The zero-order valence-corrected chi connectivity index (χ0v) is 15.4. The van der Waals surface area contributed by atoms with Crippen molar-refractivity contribution >= 4 is 16.8 Å². The average molecular weight is 368 g/mol. The van der Waals surface area contributed by atoms with Gasteiger partial charge in [0.15, 0.2) is 11.5 Å². The van der Waals surface area contributed by atoms with Crippen LogP contribution < -0.4 is 15.0 Å². The van der Waals surface area contributed by atoms with Gasteiger partial charge in [0, 0.05) is 25.0 Å². The molecule has 0 spiro atoms. The van der Waals surface area contributed by atoms with Crippen LogP contribution in [-0.2, 0) is 6.54 Å². The van der Waals surface area contributed by atoms with Crippen molar-refractivity contribution in [2.75, 3.05) is 20.8 Å². The molecule has 8 nitrogen and oxygen atoms in total. The number of aromatic amines is 1. The first-order valence-corrected chi connectivity index (χ1v) is 8.41. The van der Waals surface area contributed by atoms with E-state index in [2.05, 4.69) is 15.0 Å². The number of carbonyl (C=O) groups is 1. The SMILES string of the molecule is CCN(Cc1nc2cc(OC)c(OC)cc2c(=O)[nH]1)C(=O)c1cccnc1. The number of benzene rings is 1. The topological polar surface area (TPSA) is 97.4 Å². The summed E-state index contributed by atoms with van der Waals surface area (Å²) in [6, 6.07) is 6.64. The molecule has 0 saturated carbocycles. The molecule has 3 aromatic rings. The molecule has 1 N–H and O–H groups in total. The molecule has 27 heavy (non-hydrogen) atoms. The highest BCUT2D eigenvalue weighted by Gasteiger charge is 2.17. The van der Waals surface area contributed by atoms with Crippen molar-refractivity contribution in [2.24, 2.45) is 0 Å². The second kappa shape index (κ2) is 7.86. The monoisotopic (exact) mass is 368 g/mol. The average Bonchev–Trinajstić information content (AvgIpc) is 2.71. The number of aromatic nitrogens is 3. The van der Waals surface area contributed by atoms with Gasteiger partial charge in [-0.15, -0.1) is 0 Å². The van der Waals surface area contributed by atoms with E-state index in [4.69, 9.17) is 9.47 Å². The lowest BCUT2D eigenvalue weighted by molar-refractivity contribution is 0.0748. The number of rotatable bonds is 6. The molecule has 140 valence electrons. The number of fused-ring (bicyclic) bond motifs is 1. The quantitative estimate of drug-likeness (QED) is 0.715. The Kier molecular flexibility index (Phi) is 5.35. The molecule has 1 amide bonds. The normalized spacial score (nSPS) is 10.6. The van der Waals surface area contributed by atoms with Gasteiger partial charge < -0.3 is 19.4 Å². The Labute approximate surface area is 155 Å². The van der Waals surface area contributed by atoms with Crippen LogP contribution in [0.2, 0.25) is 0 Å². The van der Waals surface area contributed by atoms with Gasteiger partial charge in [0.25, 0.3) is 11.5 Å². The molecule has 1 aromatic carbocycles. The second-order valence-electron chi connectivity index (χ2n) is 5.80. The van der Waals surface area contributed by atoms with Gasteiger partial charge in [0.2, 0.25) is 0 Å². The van der Waals surface area contributed by atoms with E-state index in [1.807, 2.05) is 6.92 Å². The molecule has 0 saturated heterocycles. The van der Waals surface area contributed by atoms with Crippen LogP contribution >= 0.6 is 0 Å². The van der Waals surface area contributed by atoms with Gasteiger partial charge in [0.1, 0.15) is 5.82 Å². The number of hydrogen-bond acceptors (Lipinski definition) is 6. The maximum Gasteiger partial charge on any atom is 0.258 e. The first-order chi connectivity index (χ1) is 13.1. The van der Waals surface area contributed by atoms with Crippen LogP contribution in [0.1, 0.15) is 23.1 Å². The van der Waals surface area contributed by atoms with Crippen molar-refractivity contribution in [2.45, 2.75) is 13.5 Å². The summed E-state index contributed by atoms with van der Waals surface area (Å²) in [7, 11) is 3.02. The van der Waals surface area contributed by atoms with Crippen LogP contribution in [0.5, 0.6) is 11.5 Å². The third-order valence-electron chi connectivity index (χ3n) is 4.18. The van der Waals surface area contributed by atoms with E-state index in [1.165, 1.54) is 20.4 Å². The molecule has 0 radical (unpaired) electrons. The minimum Gasteiger partial charge on any atom is -0.493 e. The Morgan fingerprint density at radius 1 is 1.22 bits per heavy atom. The molecule has 0 unspecified atom stereocenters. The lowest BCUT2D eigenvalue weighted by atomic mass is 10.2. The Balaban J connectivity index is 1.96. The van der Waals surface area contributed by atoms with Gasteiger partial charge >= 0.3 is 0 Å². The fraction of sp³-hybridized carbons (Fsp3) is 0.263. The lowest BCUT2D eigenvalue weighted by Gasteiger charge is -2.20. The molecule has 2 heterocycles. The summed E-state index contributed by atoms with van der Waals surface area (Å²) in [5.74, 6) is 1.14. The molecule has 3 rings (SSSR count). The van der Waals surface area contributed by atoms with Crippen LogP contribution in [0.15, 0.2) is 41.5 Å². The molecule has 0 bridgehead atoms. The van der Waals surface area contributed by atoms with Gasteiger partial charge in [-0.1, -0.05) is 0 Å². The Hall–Kier alpha value is -3.42. The smallest absolute Gasteiger partial charge is 0.258 e. The predicted octanol–water partition coefficient (Wildman–Crippen LogP) is 2.00. The number of methoxy groups -OCH3 is 2. The number of nitrogens with one attached hydrogen (secondary N) is 1. The lowest BCUT2D eigenvalue weighted by Crippen LogP contribution is -2.32. The van der Waals surface area contributed by atoms with Crippen LogP contribution in [0.4, 0.5) is 0 Å². The second-order valence-corrected chi connectivity index (χ2v) is 5.80. The predicted molar refractivity (Wildman–Crippen MR) is 100 cm³/mol. The van der Waals surface area contributed by atoms with E-state index in [-0.39, 0.29) is 18.0 Å². The zero-order chi connectivity index (χ0) is 19.4. The molecule has 0 aliphatic heterocycles. The van der Waals surface area contributed by atoms with Crippen LogP contribution in [0.3, 0.4) is 0 Å². The van der Waals surface area contributed by atoms with E-state index in [9.17, 15) is 9.59 Å². The molecule has 8 heteroatoms. The van der Waals surface area contributed by atoms with E-state index < -0.39 is 0 Å². The summed E-state index contributed by atoms with van der Waals surface area (Å²) in [5.41, 5.74) is 0.644. The Morgan fingerprint density at radius 2 is 1.96 bits per heavy atom. The maximum atomic E-state index is 12.6. The fourth-order valence-corrected chi connectivity index (χ4v) is 2.77. The highest BCUT2D eigenvalue weighted by molar-refractivity contribution is 5.93. The van der Waals surface area contributed by atoms with Crippen molar-refractivity contribution in [3.63, 3.8) is 0 Å². The van der Waals surface area contributed by atoms with Gasteiger partial charge in [-0.3, -0.25) is 14.6 Å². The number of pyridine rings is 1. The number of hydrogen-bond donors (Lipinski definition) is 1. The number of H-pyrrole nitrogens is 1. The number of amides is 1. The third kappa shape index (κ3) is 3.74. The summed E-state index contributed by atoms with van der Waals surface area (Å²) < 4.78 is 10.5. The number of ether oxygens (including phenoxy) is 2. The van der Waals surface area contributed by atoms with E-state index in [1.54, 1.807) is 35.4 Å².